The van der Waals surface area contributed by atoms with Gasteiger partial charge in [0.25, 0.3) is 0 Å². The van der Waals surface area contributed by atoms with Crippen molar-refractivity contribution in [2.75, 3.05) is 12.3 Å². The van der Waals surface area contributed by atoms with Crippen LogP contribution in [0.5, 0.6) is 0 Å². The molecule has 12 heteroatoms. The summed E-state index contributed by atoms with van der Waals surface area (Å²) in [6.45, 7) is 2.91. The minimum atomic E-state index is -1.23. The van der Waals surface area contributed by atoms with E-state index in [0.29, 0.717) is 6.42 Å². The standard InChI is InChI=1S/C16H29N5O6S/c1-3-8(2)13(16(27)19-6-12(23)24)21-15(26)10(4-5-11(18)22)20-14(25)9(17)7-28/h8-10,13,28H,3-7,17H2,1-2H3,(H2,18,22)(H,19,27)(H,20,25)(H,21,26)(H,23,24). The average Bonchev–Trinajstić information content (AvgIpc) is 2.65. The molecule has 8 N–H and O–H groups in total. The number of aliphatic carboxylic acids is 1. The Morgan fingerprint density at radius 3 is 2.14 bits per heavy atom. The second-order valence-electron chi connectivity index (χ2n) is 6.34. The van der Waals surface area contributed by atoms with Crippen LogP contribution in [-0.4, -0.2) is 65.1 Å². The van der Waals surface area contributed by atoms with E-state index in [1.54, 1.807) is 13.8 Å². The minimum Gasteiger partial charge on any atom is -0.480 e. The molecule has 4 atom stereocenters. The fourth-order valence-corrected chi connectivity index (χ4v) is 2.31. The van der Waals surface area contributed by atoms with E-state index < -0.39 is 54.3 Å². The van der Waals surface area contributed by atoms with Gasteiger partial charge in [0.05, 0.1) is 6.04 Å². The Balaban J connectivity index is 5.30. The zero-order valence-corrected chi connectivity index (χ0v) is 16.8. The number of nitrogens with one attached hydrogen (secondary N) is 3. The van der Waals surface area contributed by atoms with Gasteiger partial charge in [0.1, 0.15) is 18.6 Å². The van der Waals surface area contributed by atoms with E-state index in [9.17, 15) is 24.0 Å². The van der Waals surface area contributed by atoms with Gasteiger partial charge in [-0.2, -0.15) is 12.6 Å². The molecule has 0 bridgehead atoms. The number of carbonyl (C=O) groups is 5. The van der Waals surface area contributed by atoms with Crippen molar-refractivity contribution in [2.24, 2.45) is 17.4 Å². The summed E-state index contributed by atoms with van der Waals surface area (Å²) in [5.41, 5.74) is 10.7. The average molecular weight is 420 g/mol. The van der Waals surface area contributed by atoms with E-state index in [4.69, 9.17) is 16.6 Å². The van der Waals surface area contributed by atoms with E-state index in [1.807, 2.05) is 0 Å². The normalized spacial score (nSPS) is 14.9. The number of carboxylic acids is 1. The van der Waals surface area contributed by atoms with Crippen LogP contribution in [0, 0.1) is 5.92 Å². The molecule has 0 aromatic heterocycles. The molecule has 0 aromatic rings. The zero-order chi connectivity index (χ0) is 21.9. The number of hydrogen-bond donors (Lipinski definition) is 7. The monoisotopic (exact) mass is 419 g/mol. The van der Waals surface area contributed by atoms with Gasteiger partial charge in [-0.15, -0.1) is 0 Å². The quantitative estimate of drug-likeness (QED) is 0.163. The number of thiol groups is 1. The molecule has 0 rings (SSSR count). The lowest BCUT2D eigenvalue weighted by Gasteiger charge is -2.26. The van der Waals surface area contributed by atoms with Gasteiger partial charge in [0.2, 0.25) is 23.6 Å². The molecule has 0 fully saturated rings. The van der Waals surface area contributed by atoms with E-state index in [0.717, 1.165) is 0 Å². The smallest absolute Gasteiger partial charge is 0.322 e. The molecule has 0 radical (unpaired) electrons. The molecule has 0 aromatic carbocycles. The second-order valence-corrected chi connectivity index (χ2v) is 6.70. The van der Waals surface area contributed by atoms with Gasteiger partial charge >= 0.3 is 5.97 Å². The lowest BCUT2D eigenvalue weighted by atomic mass is 9.97. The molecule has 0 spiro atoms. The van der Waals surface area contributed by atoms with Gasteiger partial charge in [-0.3, -0.25) is 24.0 Å². The first-order chi connectivity index (χ1) is 13.0. The molecule has 0 saturated carbocycles. The third-order valence-electron chi connectivity index (χ3n) is 4.05. The summed E-state index contributed by atoms with van der Waals surface area (Å²) >= 11 is 3.91. The molecule has 0 aliphatic heterocycles. The van der Waals surface area contributed by atoms with Crippen LogP contribution >= 0.6 is 12.6 Å². The molecule has 0 saturated heterocycles. The van der Waals surface area contributed by atoms with E-state index in [-0.39, 0.29) is 24.5 Å². The highest BCUT2D eigenvalue weighted by Crippen LogP contribution is 2.09. The maximum atomic E-state index is 12.6. The number of amides is 4. The highest BCUT2D eigenvalue weighted by Gasteiger charge is 2.30. The molecule has 0 heterocycles. The van der Waals surface area contributed by atoms with Crippen molar-refractivity contribution in [1.29, 1.82) is 0 Å². The topological polar surface area (TPSA) is 194 Å². The van der Waals surface area contributed by atoms with E-state index in [1.165, 1.54) is 0 Å². The van der Waals surface area contributed by atoms with Gasteiger partial charge in [0, 0.05) is 12.2 Å². The lowest BCUT2D eigenvalue weighted by Crippen LogP contribution is -2.57. The molecule has 11 nitrogen and oxygen atoms in total. The van der Waals surface area contributed by atoms with E-state index >= 15 is 0 Å². The fourth-order valence-electron chi connectivity index (χ4n) is 2.15. The van der Waals surface area contributed by atoms with Gasteiger partial charge in [0.15, 0.2) is 0 Å². The van der Waals surface area contributed by atoms with Gasteiger partial charge in [-0.25, -0.2) is 0 Å². The highest BCUT2D eigenvalue weighted by atomic mass is 32.1. The maximum absolute atomic E-state index is 12.6. The van der Waals surface area contributed by atoms with Crippen LogP contribution in [0.25, 0.3) is 0 Å². The number of nitrogens with two attached hydrogens (primary N) is 2. The van der Waals surface area contributed by atoms with Crippen molar-refractivity contribution in [3.63, 3.8) is 0 Å². The van der Waals surface area contributed by atoms with Crippen LogP contribution in [0.3, 0.4) is 0 Å². The summed E-state index contributed by atoms with van der Waals surface area (Å²) in [7, 11) is 0. The Morgan fingerprint density at radius 2 is 1.68 bits per heavy atom. The zero-order valence-electron chi connectivity index (χ0n) is 15.9. The molecule has 28 heavy (non-hydrogen) atoms. The van der Waals surface area contributed by atoms with Gasteiger partial charge in [-0.1, -0.05) is 20.3 Å². The largest absolute Gasteiger partial charge is 0.480 e. The van der Waals surface area contributed by atoms with Crippen molar-refractivity contribution in [1.82, 2.24) is 16.0 Å². The number of carbonyl (C=O) groups excluding carboxylic acids is 4. The van der Waals surface area contributed by atoms with Crippen LogP contribution in [0.2, 0.25) is 0 Å². The van der Waals surface area contributed by atoms with Gasteiger partial charge in [-0.05, 0) is 12.3 Å². The van der Waals surface area contributed by atoms with Crippen molar-refractivity contribution in [3.05, 3.63) is 0 Å². The van der Waals surface area contributed by atoms with Crippen LogP contribution in [0.1, 0.15) is 33.1 Å². The summed E-state index contributed by atoms with van der Waals surface area (Å²) < 4.78 is 0. The van der Waals surface area contributed by atoms with Crippen molar-refractivity contribution < 1.29 is 29.1 Å². The Hall–Kier alpha value is -2.34. The summed E-state index contributed by atoms with van der Waals surface area (Å²) in [6, 6.07) is -3.13. The number of hydrogen-bond acceptors (Lipinski definition) is 7. The predicted octanol–water partition coefficient (Wildman–Crippen LogP) is -2.27. The lowest BCUT2D eigenvalue weighted by molar-refractivity contribution is -0.139. The third kappa shape index (κ3) is 9.55. The summed E-state index contributed by atoms with van der Waals surface area (Å²) in [5.74, 6) is -4.18. The molecular formula is C16H29N5O6S. The fraction of sp³-hybridized carbons (Fsp3) is 0.688. The number of carboxylic acid groups (broad SMARTS) is 1. The first-order valence-electron chi connectivity index (χ1n) is 8.78. The van der Waals surface area contributed by atoms with E-state index in [2.05, 4.69) is 28.6 Å². The first kappa shape index (κ1) is 25.7. The molecule has 0 aliphatic carbocycles. The summed E-state index contributed by atoms with van der Waals surface area (Å²) in [6.07, 6.45) is 0.262. The Labute approximate surface area is 168 Å². The SMILES string of the molecule is CCC(C)C(NC(=O)C(CCC(N)=O)NC(=O)C(N)CS)C(=O)NCC(=O)O. The molecule has 0 aliphatic rings. The van der Waals surface area contributed by atoms with Crippen LogP contribution in [0.4, 0.5) is 0 Å². The van der Waals surface area contributed by atoms with Crippen LogP contribution < -0.4 is 27.4 Å². The maximum Gasteiger partial charge on any atom is 0.322 e. The number of rotatable bonds is 13. The number of primary amides is 1. The van der Waals surface area contributed by atoms with Crippen LogP contribution in [-0.2, 0) is 24.0 Å². The predicted molar refractivity (Wildman–Crippen MR) is 104 cm³/mol. The molecular weight excluding hydrogens is 390 g/mol. The Morgan fingerprint density at radius 1 is 1.07 bits per heavy atom. The van der Waals surface area contributed by atoms with Crippen molar-refractivity contribution in [3.8, 4) is 0 Å². The second kappa shape index (κ2) is 12.9. The highest BCUT2D eigenvalue weighted by molar-refractivity contribution is 7.80. The molecule has 160 valence electrons. The van der Waals surface area contributed by atoms with Crippen molar-refractivity contribution in [2.45, 2.75) is 51.2 Å². The van der Waals surface area contributed by atoms with Gasteiger partial charge < -0.3 is 32.5 Å². The minimum absolute atomic E-state index is 0.0447. The Kier molecular flexibility index (Phi) is 11.9. The third-order valence-corrected chi connectivity index (χ3v) is 4.45. The van der Waals surface area contributed by atoms with Crippen molar-refractivity contribution >= 4 is 42.2 Å². The summed E-state index contributed by atoms with van der Waals surface area (Å²) in [4.78, 5) is 58.6. The Bertz CT molecular complexity index is 588. The van der Waals surface area contributed by atoms with Crippen LogP contribution in [0.15, 0.2) is 0 Å². The molecule has 4 amide bonds. The molecule has 4 unspecified atom stereocenters. The summed E-state index contributed by atoms with van der Waals surface area (Å²) in [5, 5.41) is 15.8. The first-order valence-corrected chi connectivity index (χ1v) is 9.41.